The summed E-state index contributed by atoms with van der Waals surface area (Å²) in [7, 11) is 1.49. The molecule has 0 atom stereocenters. The first-order valence-electron chi connectivity index (χ1n) is 4.70. The van der Waals surface area contributed by atoms with Gasteiger partial charge < -0.3 is 10.0 Å². The maximum absolute atomic E-state index is 11.7. The lowest BCUT2D eigenvalue weighted by Gasteiger charge is -2.14. The fourth-order valence-electron chi connectivity index (χ4n) is 1.23. The highest BCUT2D eigenvalue weighted by Gasteiger charge is 2.13. The molecule has 86 valence electrons. The molecule has 5 heteroatoms. The van der Waals surface area contributed by atoms with E-state index >= 15 is 0 Å². The number of halogens is 1. The summed E-state index contributed by atoms with van der Waals surface area (Å²) in [5.74, 6) is -1.19. The van der Waals surface area contributed by atoms with Crippen molar-refractivity contribution in [1.29, 1.82) is 0 Å². The zero-order valence-electron chi connectivity index (χ0n) is 8.81. The van der Waals surface area contributed by atoms with Crippen LogP contribution < -0.4 is 0 Å². The highest BCUT2D eigenvalue weighted by atomic mass is 127. The molecule has 0 aliphatic carbocycles. The lowest BCUT2D eigenvalue weighted by Crippen LogP contribution is -2.33. The predicted octanol–water partition coefficient (Wildman–Crippen LogP) is 1.38. The second-order valence-corrected chi connectivity index (χ2v) is 4.57. The Hall–Kier alpha value is -1.11. The number of hydrogen-bond acceptors (Lipinski definition) is 2. The van der Waals surface area contributed by atoms with Crippen molar-refractivity contribution in [3.8, 4) is 0 Å². The Kier molecular flexibility index (Phi) is 4.72. The molecule has 0 aliphatic rings. The Morgan fingerprint density at radius 3 is 2.56 bits per heavy atom. The van der Waals surface area contributed by atoms with Crippen molar-refractivity contribution >= 4 is 34.5 Å². The van der Waals surface area contributed by atoms with Gasteiger partial charge in [0.15, 0.2) is 0 Å². The Labute approximate surface area is 107 Å². The zero-order chi connectivity index (χ0) is 12.1. The smallest absolute Gasteiger partial charge is 0.323 e. The number of rotatable bonds is 4. The summed E-state index contributed by atoms with van der Waals surface area (Å²) in [6.45, 7) is -0.262. The van der Waals surface area contributed by atoms with E-state index in [1.54, 1.807) is 0 Å². The van der Waals surface area contributed by atoms with E-state index in [0.29, 0.717) is 0 Å². The van der Waals surface area contributed by atoms with Crippen molar-refractivity contribution in [2.24, 2.45) is 0 Å². The molecule has 1 N–H and O–H groups in total. The molecule has 0 unspecified atom stereocenters. The summed E-state index contributed by atoms with van der Waals surface area (Å²) in [5.41, 5.74) is 0.922. The van der Waals surface area contributed by atoms with Gasteiger partial charge >= 0.3 is 5.97 Å². The summed E-state index contributed by atoms with van der Waals surface area (Å²) in [6, 6.07) is 7.55. The molecule has 0 bridgehead atoms. The maximum Gasteiger partial charge on any atom is 0.323 e. The van der Waals surface area contributed by atoms with E-state index in [4.69, 9.17) is 5.11 Å². The molecule has 0 aliphatic heterocycles. The van der Waals surface area contributed by atoms with Gasteiger partial charge in [0.05, 0.1) is 6.42 Å². The molecule has 16 heavy (non-hydrogen) atoms. The summed E-state index contributed by atoms with van der Waals surface area (Å²) in [6.07, 6.45) is 0.239. The molecule has 1 aromatic rings. The minimum absolute atomic E-state index is 0.188. The van der Waals surface area contributed by atoms with E-state index in [1.807, 2.05) is 24.3 Å². The molecular formula is C11H12INO3. The summed E-state index contributed by atoms with van der Waals surface area (Å²) < 4.78 is 1.01. The maximum atomic E-state index is 11.7. The van der Waals surface area contributed by atoms with Gasteiger partial charge in [-0.3, -0.25) is 9.59 Å². The fraction of sp³-hybridized carbons (Fsp3) is 0.273. The quantitative estimate of drug-likeness (QED) is 0.847. The van der Waals surface area contributed by atoms with E-state index in [1.165, 1.54) is 11.9 Å². The number of amides is 1. The van der Waals surface area contributed by atoms with Gasteiger partial charge in [-0.05, 0) is 34.2 Å². The summed E-state index contributed by atoms with van der Waals surface area (Å²) in [5, 5.41) is 8.56. The highest BCUT2D eigenvalue weighted by Crippen LogP contribution is 2.12. The Morgan fingerprint density at radius 2 is 2.00 bits per heavy atom. The molecule has 4 nitrogen and oxygen atoms in total. The van der Waals surface area contributed by atoms with Crippen LogP contribution in [-0.4, -0.2) is 35.5 Å². The van der Waals surface area contributed by atoms with Crippen LogP contribution in [-0.2, 0) is 16.0 Å². The number of aliphatic carboxylic acids is 1. The lowest BCUT2D eigenvalue weighted by atomic mass is 10.1. The average molecular weight is 333 g/mol. The van der Waals surface area contributed by atoms with Gasteiger partial charge in [-0.15, -0.1) is 0 Å². The highest BCUT2D eigenvalue weighted by molar-refractivity contribution is 14.1. The fourth-order valence-corrected chi connectivity index (χ4v) is 1.81. The van der Waals surface area contributed by atoms with E-state index in [0.717, 1.165) is 9.13 Å². The molecule has 1 aromatic carbocycles. The van der Waals surface area contributed by atoms with Crippen LogP contribution in [0.5, 0.6) is 0 Å². The van der Waals surface area contributed by atoms with E-state index in [-0.39, 0.29) is 18.9 Å². The van der Waals surface area contributed by atoms with Crippen LogP contribution in [0.15, 0.2) is 24.3 Å². The standard InChI is InChI=1S/C11H12INO3/c1-13(7-11(15)16)10(14)6-8-4-2-3-5-9(8)12/h2-5H,6-7H2,1H3,(H,15,16). The van der Waals surface area contributed by atoms with E-state index < -0.39 is 5.97 Å². The first-order chi connectivity index (χ1) is 7.50. The second kappa shape index (κ2) is 5.83. The van der Waals surface area contributed by atoms with Crippen LogP contribution in [0.3, 0.4) is 0 Å². The van der Waals surface area contributed by atoms with Crippen LogP contribution in [0, 0.1) is 3.57 Å². The van der Waals surface area contributed by atoms with Gasteiger partial charge in [-0.25, -0.2) is 0 Å². The van der Waals surface area contributed by atoms with Crippen LogP contribution in [0.25, 0.3) is 0 Å². The average Bonchev–Trinajstić information content (AvgIpc) is 2.20. The minimum Gasteiger partial charge on any atom is -0.480 e. The van der Waals surface area contributed by atoms with Crippen molar-refractivity contribution in [3.63, 3.8) is 0 Å². The zero-order valence-corrected chi connectivity index (χ0v) is 11.0. The van der Waals surface area contributed by atoms with Crippen LogP contribution >= 0.6 is 22.6 Å². The summed E-state index contributed by atoms with van der Waals surface area (Å²) >= 11 is 2.16. The number of benzene rings is 1. The number of carboxylic acids is 1. The third-order valence-corrected chi connectivity index (χ3v) is 3.15. The SMILES string of the molecule is CN(CC(=O)O)C(=O)Cc1ccccc1I. The van der Waals surface area contributed by atoms with Crippen LogP contribution in [0.4, 0.5) is 0 Å². The molecule has 0 heterocycles. The molecule has 1 rings (SSSR count). The van der Waals surface area contributed by atoms with Gasteiger partial charge in [0.25, 0.3) is 0 Å². The van der Waals surface area contributed by atoms with Gasteiger partial charge in [0.2, 0.25) is 5.91 Å². The third-order valence-electron chi connectivity index (χ3n) is 2.10. The number of carbonyl (C=O) groups is 2. The molecule has 0 radical (unpaired) electrons. The second-order valence-electron chi connectivity index (χ2n) is 3.41. The van der Waals surface area contributed by atoms with Crippen molar-refractivity contribution in [2.75, 3.05) is 13.6 Å². The molecule has 1 amide bonds. The number of nitrogens with zero attached hydrogens (tertiary/aromatic N) is 1. The van der Waals surface area contributed by atoms with E-state index in [2.05, 4.69) is 22.6 Å². The van der Waals surface area contributed by atoms with Gasteiger partial charge in [0, 0.05) is 10.6 Å². The predicted molar refractivity (Wildman–Crippen MR) is 68.1 cm³/mol. The molecular weight excluding hydrogens is 321 g/mol. The molecule has 0 saturated carbocycles. The largest absolute Gasteiger partial charge is 0.480 e. The topological polar surface area (TPSA) is 57.6 Å². The Balaban J connectivity index is 2.64. The lowest BCUT2D eigenvalue weighted by molar-refractivity contribution is -0.143. The van der Waals surface area contributed by atoms with Crippen molar-refractivity contribution in [2.45, 2.75) is 6.42 Å². The van der Waals surface area contributed by atoms with E-state index in [9.17, 15) is 9.59 Å². The number of carbonyl (C=O) groups excluding carboxylic acids is 1. The van der Waals surface area contributed by atoms with Gasteiger partial charge in [-0.1, -0.05) is 18.2 Å². The van der Waals surface area contributed by atoms with Crippen LogP contribution in [0.2, 0.25) is 0 Å². The van der Waals surface area contributed by atoms with Gasteiger partial charge in [-0.2, -0.15) is 0 Å². The molecule has 0 fully saturated rings. The van der Waals surface area contributed by atoms with Crippen molar-refractivity contribution < 1.29 is 14.7 Å². The van der Waals surface area contributed by atoms with Crippen molar-refractivity contribution in [1.82, 2.24) is 4.90 Å². The molecule has 0 aromatic heterocycles. The first kappa shape index (κ1) is 13.0. The monoisotopic (exact) mass is 333 g/mol. The first-order valence-corrected chi connectivity index (χ1v) is 5.77. The third kappa shape index (κ3) is 3.80. The number of likely N-dealkylation sites (N-methyl/N-ethyl adjacent to an activating group) is 1. The van der Waals surface area contributed by atoms with Crippen LogP contribution in [0.1, 0.15) is 5.56 Å². The normalized spacial score (nSPS) is 9.88. The van der Waals surface area contributed by atoms with Crippen molar-refractivity contribution in [3.05, 3.63) is 33.4 Å². The molecule has 0 saturated heterocycles. The van der Waals surface area contributed by atoms with Gasteiger partial charge in [0.1, 0.15) is 6.54 Å². The number of carboxylic acid groups (broad SMARTS) is 1. The minimum atomic E-state index is -1.00. The molecule has 0 spiro atoms. The Morgan fingerprint density at radius 1 is 1.38 bits per heavy atom. The number of hydrogen-bond donors (Lipinski definition) is 1. The summed E-state index contributed by atoms with van der Waals surface area (Å²) in [4.78, 5) is 23.3. The Bertz CT molecular complexity index is 406.